The zero-order valence-electron chi connectivity index (χ0n) is 19.8. The van der Waals surface area contributed by atoms with Crippen molar-refractivity contribution < 1.29 is 19.1 Å². The molecule has 2 bridgehead atoms. The van der Waals surface area contributed by atoms with Gasteiger partial charge in [-0.05, 0) is 32.1 Å². The van der Waals surface area contributed by atoms with Crippen LogP contribution in [-0.4, -0.2) is 70.7 Å². The van der Waals surface area contributed by atoms with Crippen LogP contribution >= 0.6 is 0 Å². The summed E-state index contributed by atoms with van der Waals surface area (Å²) in [5, 5.41) is 11.8. The second-order valence-corrected chi connectivity index (χ2v) is 9.45. The summed E-state index contributed by atoms with van der Waals surface area (Å²) in [6.07, 6.45) is 8.22. The molecule has 1 aromatic heterocycles. The SMILES string of the molecule is C[C@H]1COC(=O)CCCn2cc(nn2)CO[C@@H](CN(C)C(=O)C2CCCCC2)[C@@H](C)CN1. The van der Waals surface area contributed by atoms with E-state index >= 15 is 0 Å². The number of aryl methyl sites for hydroxylation is 1. The van der Waals surface area contributed by atoms with E-state index in [2.05, 4.69) is 22.6 Å². The van der Waals surface area contributed by atoms with Gasteiger partial charge >= 0.3 is 5.97 Å². The van der Waals surface area contributed by atoms with E-state index < -0.39 is 0 Å². The monoisotopic (exact) mass is 449 g/mol. The Balaban J connectivity index is 1.65. The molecule has 0 spiro atoms. The van der Waals surface area contributed by atoms with Gasteiger partial charge in [-0.15, -0.1) is 5.10 Å². The maximum Gasteiger partial charge on any atom is 0.305 e. The Morgan fingerprint density at radius 1 is 1.25 bits per heavy atom. The van der Waals surface area contributed by atoms with Crippen LogP contribution in [0.2, 0.25) is 0 Å². The van der Waals surface area contributed by atoms with Crippen molar-refractivity contribution in [3.8, 4) is 0 Å². The minimum atomic E-state index is -0.191. The number of aromatic nitrogens is 3. The third-order valence-electron chi connectivity index (χ3n) is 6.50. The highest BCUT2D eigenvalue weighted by molar-refractivity contribution is 5.78. The lowest BCUT2D eigenvalue weighted by atomic mass is 9.88. The Kier molecular flexibility index (Phi) is 9.47. The molecule has 32 heavy (non-hydrogen) atoms. The molecule has 3 rings (SSSR count). The van der Waals surface area contributed by atoms with E-state index in [1.54, 1.807) is 4.68 Å². The largest absolute Gasteiger partial charge is 0.464 e. The standard InChI is InChI=1S/C23H39N5O4/c1-17-12-24-18(2)15-32-22(29)10-7-11-28-13-20(25-26-28)16-31-21(17)14-27(3)23(30)19-8-5-4-6-9-19/h13,17-19,21,24H,4-12,14-16H2,1-3H3/t17-,18-,21-/m0/s1. The summed E-state index contributed by atoms with van der Waals surface area (Å²) in [7, 11) is 1.89. The highest BCUT2D eigenvalue weighted by atomic mass is 16.5. The molecular weight excluding hydrogens is 410 g/mol. The zero-order chi connectivity index (χ0) is 22.9. The number of esters is 1. The van der Waals surface area contributed by atoms with Crippen LogP contribution in [0.5, 0.6) is 0 Å². The van der Waals surface area contributed by atoms with Crippen molar-refractivity contribution in [2.45, 2.75) is 84.1 Å². The first kappa shape index (κ1) is 24.6. The number of likely N-dealkylation sites (N-methyl/N-ethyl adjacent to an activating group) is 1. The summed E-state index contributed by atoms with van der Waals surface area (Å²) in [5.41, 5.74) is 0.749. The Hall–Kier alpha value is -2.00. The summed E-state index contributed by atoms with van der Waals surface area (Å²) >= 11 is 0. The van der Waals surface area contributed by atoms with Gasteiger partial charge in [0.2, 0.25) is 5.91 Å². The van der Waals surface area contributed by atoms with Crippen LogP contribution in [0.3, 0.4) is 0 Å². The van der Waals surface area contributed by atoms with Crippen molar-refractivity contribution in [1.29, 1.82) is 0 Å². The van der Waals surface area contributed by atoms with Crippen molar-refractivity contribution in [1.82, 2.24) is 25.2 Å². The number of hydrogen-bond acceptors (Lipinski definition) is 7. The quantitative estimate of drug-likeness (QED) is 0.706. The first-order valence-corrected chi connectivity index (χ1v) is 12.1. The van der Waals surface area contributed by atoms with Crippen molar-refractivity contribution in [3.63, 3.8) is 0 Å². The van der Waals surface area contributed by atoms with E-state index in [0.29, 0.717) is 45.7 Å². The molecular formula is C23H39N5O4. The molecule has 1 amide bonds. The number of hydrogen-bond donors (Lipinski definition) is 1. The molecule has 3 atom stereocenters. The number of amides is 1. The number of ether oxygens (including phenoxy) is 2. The van der Waals surface area contributed by atoms with E-state index in [1.807, 2.05) is 25.1 Å². The fourth-order valence-corrected chi connectivity index (χ4v) is 4.38. The van der Waals surface area contributed by atoms with E-state index in [0.717, 1.165) is 31.4 Å². The summed E-state index contributed by atoms with van der Waals surface area (Å²) in [6.45, 7) is 6.65. The van der Waals surface area contributed by atoms with Gasteiger partial charge in [0.15, 0.2) is 0 Å². The predicted octanol–water partition coefficient (Wildman–Crippen LogP) is 2.15. The molecule has 2 aliphatic rings. The second-order valence-electron chi connectivity index (χ2n) is 9.45. The van der Waals surface area contributed by atoms with E-state index in [4.69, 9.17) is 9.47 Å². The molecule has 9 nitrogen and oxygen atoms in total. The van der Waals surface area contributed by atoms with Crippen LogP contribution in [0.1, 0.15) is 64.5 Å². The number of nitrogens with zero attached hydrogens (tertiary/aromatic N) is 4. The molecule has 1 saturated carbocycles. The average Bonchev–Trinajstić information content (AvgIpc) is 3.25. The van der Waals surface area contributed by atoms with Gasteiger partial charge in [-0.1, -0.05) is 31.4 Å². The molecule has 9 heteroatoms. The lowest BCUT2D eigenvalue weighted by molar-refractivity contribution is -0.144. The molecule has 180 valence electrons. The first-order chi connectivity index (χ1) is 15.4. The van der Waals surface area contributed by atoms with Gasteiger partial charge in [0.05, 0.1) is 18.9 Å². The number of nitrogens with one attached hydrogen (secondary N) is 1. The maximum atomic E-state index is 13.0. The van der Waals surface area contributed by atoms with Crippen LogP contribution < -0.4 is 5.32 Å². The van der Waals surface area contributed by atoms with Crippen LogP contribution in [0.15, 0.2) is 6.20 Å². The van der Waals surface area contributed by atoms with Gasteiger partial charge in [0.1, 0.15) is 12.3 Å². The Bertz CT molecular complexity index is 734. The minimum Gasteiger partial charge on any atom is -0.464 e. The third kappa shape index (κ3) is 7.55. The molecule has 0 aromatic carbocycles. The summed E-state index contributed by atoms with van der Waals surface area (Å²) in [5.74, 6) is 0.329. The minimum absolute atomic E-state index is 0.0456. The number of carbonyl (C=O) groups excluding carboxylic acids is 2. The van der Waals surface area contributed by atoms with E-state index in [9.17, 15) is 9.59 Å². The number of fused-ring (bicyclic) bond motifs is 2. The fraction of sp³-hybridized carbons (Fsp3) is 0.826. The molecule has 0 unspecified atom stereocenters. The molecule has 1 aliphatic carbocycles. The molecule has 1 N–H and O–H groups in total. The summed E-state index contributed by atoms with van der Waals surface area (Å²) < 4.78 is 13.4. The maximum absolute atomic E-state index is 13.0. The van der Waals surface area contributed by atoms with Crippen molar-refractivity contribution in [2.24, 2.45) is 11.8 Å². The normalized spacial score (nSPS) is 27.0. The van der Waals surface area contributed by atoms with Gasteiger partial charge in [0, 0.05) is 45.1 Å². The number of cyclic esters (lactones) is 1. The lowest BCUT2D eigenvalue weighted by Crippen LogP contribution is -2.45. The van der Waals surface area contributed by atoms with Gasteiger partial charge in [0.25, 0.3) is 0 Å². The van der Waals surface area contributed by atoms with Crippen molar-refractivity contribution in [2.75, 3.05) is 26.7 Å². The van der Waals surface area contributed by atoms with Crippen molar-refractivity contribution in [3.05, 3.63) is 11.9 Å². The van der Waals surface area contributed by atoms with Crippen LogP contribution in [0.4, 0.5) is 0 Å². The number of carbonyl (C=O) groups is 2. The molecule has 0 saturated heterocycles. The fourth-order valence-electron chi connectivity index (χ4n) is 4.38. The Morgan fingerprint density at radius 3 is 2.81 bits per heavy atom. The second kappa shape index (κ2) is 12.3. The molecule has 0 radical (unpaired) electrons. The average molecular weight is 450 g/mol. The highest BCUT2D eigenvalue weighted by Gasteiger charge is 2.28. The van der Waals surface area contributed by atoms with Crippen LogP contribution in [0, 0.1) is 11.8 Å². The van der Waals surface area contributed by atoms with Gasteiger partial charge in [-0.25, -0.2) is 0 Å². The van der Waals surface area contributed by atoms with E-state index in [-0.39, 0.29) is 35.9 Å². The summed E-state index contributed by atoms with van der Waals surface area (Å²) in [6, 6.07) is 0.0456. The molecule has 2 heterocycles. The first-order valence-electron chi connectivity index (χ1n) is 12.1. The Morgan fingerprint density at radius 2 is 2.03 bits per heavy atom. The number of rotatable bonds is 3. The summed E-state index contributed by atoms with van der Waals surface area (Å²) in [4.78, 5) is 26.8. The highest BCUT2D eigenvalue weighted by Crippen LogP contribution is 2.25. The third-order valence-corrected chi connectivity index (χ3v) is 6.50. The van der Waals surface area contributed by atoms with Gasteiger partial charge < -0.3 is 19.7 Å². The lowest BCUT2D eigenvalue weighted by Gasteiger charge is -2.32. The molecule has 1 aromatic rings. The Labute approximate surface area is 191 Å². The van der Waals surface area contributed by atoms with Crippen LogP contribution in [-0.2, 0) is 32.2 Å². The van der Waals surface area contributed by atoms with Gasteiger partial charge in [-0.2, -0.15) is 0 Å². The topological polar surface area (TPSA) is 98.6 Å². The van der Waals surface area contributed by atoms with Crippen molar-refractivity contribution >= 4 is 11.9 Å². The smallest absolute Gasteiger partial charge is 0.305 e. The van der Waals surface area contributed by atoms with Crippen LogP contribution in [0.25, 0.3) is 0 Å². The van der Waals surface area contributed by atoms with E-state index in [1.165, 1.54) is 6.42 Å². The predicted molar refractivity (Wildman–Crippen MR) is 120 cm³/mol. The zero-order valence-corrected chi connectivity index (χ0v) is 19.8. The molecule has 1 fully saturated rings. The molecule has 1 aliphatic heterocycles. The van der Waals surface area contributed by atoms with Gasteiger partial charge in [-0.3, -0.25) is 14.3 Å².